The van der Waals surface area contributed by atoms with E-state index in [1.807, 2.05) is 25.1 Å². The first kappa shape index (κ1) is 16.8. The van der Waals surface area contributed by atoms with Gasteiger partial charge in [-0.1, -0.05) is 26.8 Å². The maximum absolute atomic E-state index is 9.58. The van der Waals surface area contributed by atoms with Crippen molar-refractivity contribution in [2.24, 2.45) is 5.92 Å². The molecule has 0 radical (unpaired) electrons. The van der Waals surface area contributed by atoms with Crippen LogP contribution in [0.1, 0.15) is 32.8 Å². The summed E-state index contributed by atoms with van der Waals surface area (Å²) in [6.07, 6.45) is 0.236. The molecule has 1 aromatic carbocycles. The summed E-state index contributed by atoms with van der Waals surface area (Å²) in [7, 11) is 1.62. The second-order valence-electron chi connectivity index (χ2n) is 5.38. The summed E-state index contributed by atoms with van der Waals surface area (Å²) in [6.45, 7) is 8.36. The van der Waals surface area contributed by atoms with Crippen molar-refractivity contribution in [1.29, 1.82) is 0 Å². The summed E-state index contributed by atoms with van der Waals surface area (Å²) in [4.78, 5) is 0. The fourth-order valence-electron chi connectivity index (χ4n) is 1.75. The number of rotatable bonds is 9. The van der Waals surface area contributed by atoms with Gasteiger partial charge in [-0.15, -0.1) is 0 Å². The van der Waals surface area contributed by atoms with E-state index in [1.165, 1.54) is 0 Å². The van der Waals surface area contributed by atoms with Crippen LogP contribution in [-0.2, 0) is 6.54 Å². The molecule has 114 valence electrons. The van der Waals surface area contributed by atoms with E-state index in [-0.39, 0.29) is 6.61 Å². The van der Waals surface area contributed by atoms with Crippen molar-refractivity contribution in [3.8, 4) is 11.5 Å². The molecule has 4 nitrogen and oxygen atoms in total. The molecule has 0 bridgehead atoms. The van der Waals surface area contributed by atoms with Gasteiger partial charge < -0.3 is 19.9 Å². The number of aliphatic hydroxyl groups is 1. The molecule has 1 unspecified atom stereocenters. The van der Waals surface area contributed by atoms with Crippen molar-refractivity contribution in [1.82, 2.24) is 5.32 Å². The van der Waals surface area contributed by atoms with Crippen LogP contribution in [0.15, 0.2) is 18.2 Å². The number of ether oxygens (including phenoxy) is 2. The molecule has 1 atom stereocenters. The lowest BCUT2D eigenvalue weighted by Gasteiger charge is -2.15. The SMILES string of the molecule is CCC(O)COc1cc(CNCC(C)C)ccc1OC. The number of hydrogen-bond donors (Lipinski definition) is 2. The molecule has 4 heteroatoms. The van der Waals surface area contributed by atoms with Crippen LogP contribution in [0.4, 0.5) is 0 Å². The summed E-state index contributed by atoms with van der Waals surface area (Å²) in [5, 5.41) is 13.0. The molecule has 2 N–H and O–H groups in total. The molecular weight excluding hydrogens is 254 g/mol. The molecule has 20 heavy (non-hydrogen) atoms. The third-order valence-electron chi connectivity index (χ3n) is 3.01. The predicted molar refractivity (Wildman–Crippen MR) is 81.3 cm³/mol. The van der Waals surface area contributed by atoms with E-state index in [1.54, 1.807) is 7.11 Å². The molecule has 0 fully saturated rings. The first-order valence-electron chi connectivity index (χ1n) is 7.25. The van der Waals surface area contributed by atoms with E-state index >= 15 is 0 Å². The van der Waals surface area contributed by atoms with E-state index in [2.05, 4.69) is 19.2 Å². The van der Waals surface area contributed by atoms with Gasteiger partial charge in [-0.25, -0.2) is 0 Å². The molecule has 0 aliphatic carbocycles. The van der Waals surface area contributed by atoms with Gasteiger partial charge in [-0.3, -0.25) is 0 Å². The van der Waals surface area contributed by atoms with Crippen LogP contribution in [0.3, 0.4) is 0 Å². The fourth-order valence-corrected chi connectivity index (χ4v) is 1.75. The highest BCUT2D eigenvalue weighted by Gasteiger charge is 2.08. The molecular formula is C16H27NO3. The van der Waals surface area contributed by atoms with Crippen LogP contribution in [0.5, 0.6) is 11.5 Å². The van der Waals surface area contributed by atoms with Crippen LogP contribution in [0.25, 0.3) is 0 Å². The maximum atomic E-state index is 9.58. The molecule has 0 saturated carbocycles. The Kier molecular flexibility index (Phi) is 7.41. The highest BCUT2D eigenvalue weighted by atomic mass is 16.5. The maximum Gasteiger partial charge on any atom is 0.161 e. The smallest absolute Gasteiger partial charge is 0.161 e. The van der Waals surface area contributed by atoms with Gasteiger partial charge in [0.1, 0.15) is 6.61 Å². The standard InChI is InChI=1S/C16H27NO3/c1-5-14(18)11-20-16-8-13(6-7-15(16)19-4)10-17-9-12(2)3/h6-8,12,14,17-18H,5,9-11H2,1-4H3. The van der Waals surface area contributed by atoms with Gasteiger partial charge in [0.2, 0.25) is 0 Å². The van der Waals surface area contributed by atoms with Crippen molar-refractivity contribution >= 4 is 0 Å². The van der Waals surface area contributed by atoms with Crippen LogP contribution in [-0.4, -0.2) is 31.5 Å². The Hall–Kier alpha value is -1.26. The normalized spacial score (nSPS) is 12.5. The molecule has 1 aromatic rings. The van der Waals surface area contributed by atoms with Crippen LogP contribution >= 0.6 is 0 Å². The Morgan fingerprint density at radius 2 is 2.00 bits per heavy atom. The highest BCUT2D eigenvalue weighted by Crippen LogP contribution is 2.28. The number of methoxy groups -OCH3 is 1. The minimum Gasteiger partial charge on any atom is -0.493 e. The topological polar surface area (TPSA) is 50.7 Å². The van der Waals surface area contributed by atoms with Crippen molar-refractivity contribution in [3.05, 3.63) is 23.8 Å². The molecule has 0 amide bonds. The van der Waals surface area contributed by atoms with Gasteiger partial charge >= 0.3 is 0 Å². The Bertz CT molecular complexity index is 393. The second-order valence-corrected chi connectivity index (χ2v) is 5.38. The van der Waals surface area contributed by atoms with Gasteiger partial charge in [0.25, 0.3) is 0 Å². The zero-order valence-electron chi connectivity index (χ0n) is 13.0. The second kappa shape index (κ2) is 8.82. The third-order valence-corrected chi connectivity index (χ3v) is 3.01. The third kappa shape index (κ3) is 5.80. The summed E-state index contributed by atoms with van der Waals surface area (Å²) in [5.74, 6) is 2.01. The number of nitrogens with one attached hydrogen (secondary N) is 1. The largest absolute Gasteiger partial charge is 0.493 e. The number of benzene rings is 1. The Morgan fingerprint density at radius 3 is 2.60 bits per heavy atom. The summed E-state index contributed by atoms with van der Waals surface area (Å²) in [6, 6.07) is 5.89. The Labute approximate surface area is 122 Å². The summed E-state index contributed by atoms with van der Waals surface area (Å²) in [5.41, 5.74) is 1.15. The van der Waals surface area contributed by atoms with Gasteiger partial charge in [0, 0.05) is 6.54 Å². The van der Waals surface area contributed by atoms with Crippen molar-refractivity contribution in [3.63, 3.8) is 0 Å². The van der Waals surface area contributed by atoms with E-state index < -0.39 is 6.10 Å². The minimum atomic E-state index is -0.442. The van der Waals surface area contributed by atoms with Crippen LogP contribution < -0.4 is 14.8 Å². The van der Waals surface area contributed by atoms with Gasteiger partial charge in [-0.05, 0) is 36.6 Å². The van der Waals surface area contributed by atoms with Crippen molar-refractivity contribution in [2.75, 3.05) is 20.3 Å². The summed E-state index contributed by atoms with van der Waals surface area (Å²) < 4.78 is 10.9. The Balaban J connectivity index is 2.65. The van der Waals surface area contributed by atoms with Gasteiger partial charge in [-0.2, -0.15) is 0 Å². The van der Waals surface area contributed by atoms with Gasteiger partial charge in [0.05, 0.1) is 13.2 Å². The lowest BCUT2D eigenvalue weighted by Crippen LogP contribution is -2.19. The monoisotopic (exact) mass is 281 g/mol. The van der Waals surface area contributed by atoms with Crippen molar-refractivity contribution < 1.29 is 14.6 Å². The molecule has 0 aliphatic rings. The zero-order valence-corrected chi connectivity index (χ0v) is 13.0. The summed E-state index contributed by atoms with van der Waals surface area (Å²) >= 11 is 0. The first-order valence-corrected chi connectivity index (χ1v) is 7.25. The molecule has 1 rings (SSSR count). The van der Waals surface area contributed by atoms with E-state index in [4.69, 9.17) is 9.47 Å². The van der Waals surface area contributed by atoms with E-state index in [9.17, 15) is 5.11 Å². The minimum absolute atomic E-state index is 0.287. The quantitative estimate of drug-likeness (QED) is 0.730. The average molecular weight is 281 g/mol. The van der Waals surface area contributed by atoms with E-state index in [0.717, 1.165) is 18.7 Å². The first-order chi connectivity index (χ1) is 9.56. The zero-order chi connectivity index (χ0) is 15.0. The lowest BCUT2D eigenvalue weighted by molar-refractivity contribution is 0.102. The molecule has 0 saturated heterocycles. The fraction of sp³-hybridized carbons (Fsp3) is 0.625. The molecule has 0 aliphatic heterocycles. The van der Waals surface area contributed by atoms with E-state index in [0.29, 0.717) is 23.8 Å². The van der Waals surface area contributed by atoms with Crippen molar-refractivity contribution in [2.45, 2.75) is 39.8 Å². The predicted octanol–water partition coefficient (Wildman–Crippen LogP) is 2.59. The number of aliphatic hydroxyl groups excluding tert-OH is 1. The molecule has 0 heterocycles. The lowest BCUT2D eigenvalue weighted by atomic mass is 10.1. The Morgan fingerprint density at radius 1 is 1.25 bits per heavy atom. The molecule has 0 spiro atoms. The average Bonchev–Trinajstić information content (AvgIpc) is 2.44. The highest BCUT2D eigenvalue weighted by molar-refractivity contribution is 5.43. The van der Waals surface area contributed by atoms with Crippen LogP contribution in [0.2, 0.25) is 0 Å². The van der Waals surface area contributed by atoms with Crippen LogP contribution in [0, 0.1) is 5.92 Å². The van der Waals surface area contributed by atoms with Gasteiger partial charge in [0.15, 0.2) is 11.5 Å². The number of hydrogen-bond acceptors (Lipinski definition) is 4. The molecule has 0 aromatic heterocycles.